The van der Waals surface area contributed by atoms with E-state index in [9.17, 15) is 9.59 Å². The van der Waals surface area contributed by atoms with Gasteiger partial charge in [0.1, 0.15) is 0 Å². The molecule has 1 aromatic carbocycles. The van der Waals surface area contributed by atoms with E-state index < -0.39 is 5.97 Å². The molecular formula is C15H18N2O3. The molecule has 0 atom stereocenters. The summed E-state index contributed by atoms with van der Waals surface area (Å²) in [7, 11) is 3.56. The average molecular weight is 274 g/mol. The third-order valence-corrected chi connectivity index (χ3v) is 3.50. The summed E-state index contributed by atoms with van der Waals surface area (Å²) in [6.07, 6.45) is 0. The molecule has 0 radical (unpaired) electrons. The van der Waals surface area contributed by atoms with E-state index in [2.05, 4.69) is 0 Å². The third kappa shape index (κ3) is 2.58. The first-order valence-corrected chi connectivity index (χ1v) is 6.39. The van der Waals surface area contributed by atoms with E-state index in [0.29, 0.717) is 5.56 Å². The van der Waals surface area contributed by atoms with Crippen molar-refractivity contribution in [1.82, 2.24) is 9.47 Å². The van der Waals surface area contributed by atoms with Gasteiger partial charge in [0.15, 0.2) is 5.78 Å². The van der Waals surface area contributed by atoms with Crippen LogP contribution in [0.4, 0.5) is 0 Å². The second-order valence-corrected chi connectivity index (χ2v) is 5.03. The predicted octanol–water partition coefficient (Wildman–Crippen LogP) is 1.69. The standard InChI is InChI=1S/C15H18N2O3/c1-10-15(13(18)8-16(2)9-14(19)20)11-6-4-5-7-12(11)17(10)3/h4-7H,8-9H2,1-3H3,(H,19,20). The SMILES string of the molecule is Cc1c(C(=O)CN(C)CC(=O)O)c2ccccc2n1C. The van der Waals surface area contributed by atoms with Gasteiger partial charge in [-0.15, -0.1) is 0 Å². The Morgan fingerprint density at radius 2 is 1.90 bits per heavy atom. The number of rotatable bonds is 5. The van der Waals surface area contributed by atoms with Gasteiger partial charge in [0.25, 0.3) is 0 Å². The number of carbonyl (C=O) groups is 2. The molecule has 0 bridgehead atoms. The number of carbonyl (C=O) groups excluding carboxylic acids is 1. The Kier molecular flexibility index (Phi) is 3.90. The molecule has 2 rings (SSSR count). The highest BCUT2D eigenvalue weighted by molar-refractivity contribution is 6.10. The first-order chi connectivity index (χ1) is 9.41. The average Bonchev–Trinajstić information content (AvgIpc) is 2.61. The number of ketones is 1. The molecule has 0 aliphatic rings. The number of para-hydroxylation sites is 1. The van der Waals surface area contributed by atoms with Crippen LogP contribution in [0.15, 0.2) is 24.3 Å². The number of hydrogen-bond donors (Lipinski definition) is 1. The summed E-state index contributed by atoms with van der Waals surface area (Å²) in [5.74, 6) is -0.988. The topological polar surface area (TPSA) is 62.5 Å². The van der Waals surface area contributed by atoms with Gasteiger partial charge in [-0.1, -0.05) is 18.2 Å². The molecular weight excluding hydrogens is 256 g/mol. The first kappa shape index (κ1) is 14.3. The summed E-state index contributed by atoms with van der Waals surface area (Å²) in [5, 5.41) is 9.66. The Morgan fingerprint density at radius 3 is 2.55 bits per heavy atom. The van der Waals surface area contributed by atoms with Crippen molar-refractivity contribution in [1.29, 1.82) is 0 Å². The van der Waals surface area contributed by atoms with Crippen LogP contribution in [0.2, 0.25) is 0 Å². The van der Waals surface area contributed by atoms with Crippen LogP contribution >= 0.6 is 0 Å². The molecule has 2 aromatic rings. The van der Waals surface area contributed by atoms with Gasteiger partial charge in [-0.2, -0.15) is 0 Å². The Morgan fingerprint density at radius 1 is 1.25 bits per heavy atom. The van der Waals surface area contributed by atoms with E-state index in [0.717, 1.165) is 16.6 Å². The van der Waals surface area contributed by atoms with E-state index in [1.165, 1.54) is 4.90 Å². The summed E-state index contributed by atoms with van der Waals surface area (Å²) in [4.78, 5) is 24.6. The molecule has 106 valence electrons. The van der Waals surface area contributed by atoms with Crippen LogP contribution in [0.1, 0.15) is 16.1 Å². The normalized spacial score (nSPS) is 11.2. The Bertz CT molecular complexity index is 673. The smallest absolute Gasteiger partial charge is 0.317 e. The molecule has 0 saturated carbocycles. The zero-order valence-corrected chi connectivity index (χ0v) is 11.9. The van der Waals surface area contributed by atoms with Crippen molar-refractivity contribution in [3.63, 3.8) is 0 Å². The van der Waals surface area contributed by atoms with Gasteiger partial charge in [0.05, 0.1) is 13.1 Å². The minimum absolute atomic E-state index is 0.0527. The number of likely N-dealkylation sites (N-methyl/N-ethyl adjacent to an activating group) is 1. The minimum atomic E-state index is -0.935. The quantitative estimate of drug-likeness (QED) is 0.843. The van der Waals surface area contributed by atoms with E-state index >= 15 is 0 Å². The van der Waals surface area contributed by atoms with Gasteiger partial charge in [-0.05, 0) is 20.0 Å². The number of aryl methyl sites for hydroxylation is 1. The van der Waals surface area contributed by atoms with Gasteiger partial charge < -0.3 is 9.67 Å². The number of Topliss-reactive ketones (excluding diaryl/α,β-unsaturated/α-hetero) is 1. The zero-order valence-electron chi connectivity index (χ0n) is 11.9. The molecule has 0 fully saturated rings. The second-order valence-electron chi connectivity index (χ2n) is 5.03. The van der Waals surface area contributed by atoms with Crippen molar-refractivity contribution in [3.8, 4) is 0 Å². The molecule has 0 aliphatic carbocycles. The predicted molar refractivity (Wildman–Crippen MR) is 77.1 cm³/mol. The lowest BCUT2D eigenvalue weighted by atomic mass is 10.1. The number of aliphatic carboxylic acids is 1. The Hall–Kier alpha value is -2.14. The fourth-order valence-corrected chi connectivity index (χ4v) is 2.48. The van der Waals surface area contributed by atoms with Crippen LogP contribution in [0, 0.1) is 6.92 Å². The molecule has 1 N–H and O–H groups in total. The molecule has 5 nitrogen and oxygen atoms in total. The Labute approximate surface area is 117 Å². The van der Waals surface area contributed by atoms with Crippen LogP contribution in [0.3, 0.4) is 0 Å². The summed E-state index contributed by atoms with van der Waals surface area (Å²) in [6, 6.07) is 7.74. The van der Waals surface area contributed by atoms with Crippen molar-refractivity contribution in [2.24, 2.45) is 7.05 Å². The summed E-state index contributed by atoms with van der Waals surface area (Å²) in [5.41, 5.74) is 2.59. The second kappa shape index (κ2) is 5.46. The summed E-state index contributed by atoms with van der Waals surface area (Å²) < 4.78 is 1.99. The van der Waals surface area contributed by atoms with Gasteiger partial charge >= 0.3 is 5.97 Å². The van der Waals surface area contributed by atoms with Gasteiger partial charge in [-0.3, -0.25) is 14.5 Å². The number of benzene rings is 1. The van der Waals surface area contributed by atoms with Crippen molar-refractivity contribution in [2.75, 3.05) is 20.1 Å². The van der Waals surface area contributed by atoms with Crippen LogP contribution in [0.5, 0.6) is 0 Å². The number of hydrogen-bond acceptors (Lipinski definition) is 3. The van der Waals surface area contributed by atoms with E-state index in [-0.39, 0.29) is 18.9 Å². The molecule has 5 heteroatoms. The van der Waals surface area contributed by atoms with Gasteiger partial charge in [0, 0.05) is 29.2 Å². The van der Waals surface area contributed by atoms with Crippen molar-refractivity contribution < 1.29 is 14.7 Å². The van der Waals surface area contributed by atoms with E-state index in [1.807, 2.05) is 42.8 Å². The number of fused-ring (bicyclic) bond motifs is 1. The summed E-state index contributed by atoms with van der Waals surface area (Å²) >= 11 is 0. The minimum Gasteiger partial charge on any atom is -0.480 e. The molecule has 20 heavy (non-hydrogen) atoms. The lowest BCUT2D eigenvalue weighted by Gasteiger charge is -2.12. The molecule has 0 amide bonds. The number of nitrogens with zero attached hydrogens (tertiary/aromatic N) is 2. The maximum absolute atomic E-state index is 12.4. The largest absolute Gasteiger partial charge is 0.480 e. The van der Waals surface area contributed by atoms with Crippen LogP contribution in [-0.2, 0) is 11.8 Å². The lowest BCUT2D eigenvalue weighted by molar-refractivity contribution is -0.137. The third-order valence-electron chi connectivity index (χ3n) is 3.50. The van der Waals surface area contributed by atoms with Crippen LogP contribution < -0.4 is 0 Å². The van der Waals surface area contributed by atoms with E-state index in [4.69, 9.17) is 5.11 Å². The summed E-state index contributed by atoms with van der Waals surface area (Å²) in [6.45, 7) is 1.86. The molecule has 0 spiro atoms. The number of carboxylic acids is 1. The highest BCUT2D eigenvalue weighted by Gasteiger charge is 2.19. The first-order valence-electron chi connectivity index (χ1n) is 6.39. The van der Waals surface area contributed by atoms with Crippen molar-refractivity contribution in [3.05, 3.63) is 35.5 Å². The highest BCUT2D eigenvalue weighted by Crippen LogP contribution is 2.25. The number of aromatic nitrogens is 1. The molecule has 1 heterocycles. The maximum Gasteiger partial charge on any atom is 0.317 e. The van der Waals surface area contributed by atoms with Crippen LogP contribution in [-0.4, -0.2) is 46.5 Å². The molecule has 0 aliphatic heterocycles. The lowest BCUT2D eigenvalue weighted by Crippen LogP contribution is -2.31. The number of carboxylic acid groups (broad SMARTS) is 1. The van der Waals surface area contributed by atoms with Gasteiger partial charge in [-0.25, -0.2) is 0 Å². The fourth-order valence-electron chi connectivity index (χ4n) is 2.48. The van der Waals surface area contributed by atoms with Crippen molar-refractivity contribution >= 4 is 22.7 Å². The molecule has 1 aromatic heterocycles. The molecule has 0 unspecified atom stereocenters. The van der Waals surface area contributed by atoms with E-state index in [1.54, 1.807) is 7.05 Å². The monoisotopic (exact) mass is 274 g/mol. The Balaban J connectivity index is 2.35. The molecule has 0 saturated heterocycles. The van der Waals surface area contributed by atoms with Crippen molar-refractivity contribution in [2.45, 2.75) is 6.92 Å². The van der Waals surface area contributed by atoms with Gasteiger partial charge in [0.2, 0.25) is 0 Å². The fraction of sp³-hybridized carbons (Fsp3) is 0.333. The highest BCUT2D eigenvalue weighted by atomic mass is 16.4. The van der Waals surface area contributed by atoms with Crippen LogP contribution in [0.25, 0.3) is 10.9 Å². The maximum atomic E-state index is 12.4. The zero-order chi connectivity index (χ0) is 14.9.